The van der Waals surface area contributed by atoms with Gasteiger partial charge in [0.15, 0.2) is 0 Å². The molecule has 0 aromatic rings. The number of ether oxygens (including phenoxy) is 1. The first kappa shape index (κ1) is 11.7. The zero-order valence-corrected chi connectivity index (χ0v) is 9.73. The molecule has 0 aliphatic rings. The van der Waals surface area contributed by atoms with E-state index in [-0.39, 0.29) is 5.97 Å². The van der Waals surface area contributed by atoms with E-state index in [9.17, 15) is 4.79 Å². The summed E-state index contributed by atoms with van der Waals surface area (Å²) < 4.78 is 5.04. The average Bonchev–Trinajstić information content (AvgIpc) is 1.84. The van der Waals surface area contributed by atoms with Gasteiger partial charge in [-0.25, -0.2) is 0 Å². The molecule has 0 saturated heterocycles. The largest absolute Gasteiger partial charge is 0.466 e. The van der Waals surface area contributed by atoms with Gasteiger partial charge in [-0.15, -0.1) is 0 Å². The van der Waals surface area contributed by atoms with Crippen molar-refractivity contribution in [3.8, 4) is 0 Å². The van der Waals surface area contributed by atoms with Gasteiger partial charge in [-0.1, -0.05) is 19.6 Å². The molecule has 12 heavy (non-hydrogen) atoms. The second-order valence-corrected chi connectivity index (χ2v) is 10.1. The summed E-state index contributed by atoms with van der Waals surface area (Å²) in [5.74, 6) is 0.568. The number of hydrogen-bond donors (Lipinski definition) is 0. The molecular formula is C9H19O2Si. The summed E-state index contributed by atoms with van der Waals surface area (Å²) in [4.78, 5) is 11.0. The Balaban J connectivity index is 3.51. The minimum absolute atomic E-state index is 0.159. The van der Waals surface area contributed by atoms with Gasteiger partial charge in [0, 0.05) is 8.07 Å². The zero-order valence-electron chi connectivity index (χ0n) is 8.73. The highest BCUT2D eigenvalue weighted by atomic mass is 28.3. The Morgan fingerprint density at radius 1 is 1.25 bits per heavy atom. The van der Waals surface area contributed by atoms with Crippen LogP contribution in [-0.2, 0) is 9.53 Å². The highest BCUT2D eigenvalue weighted by Gasteiger charge is 2.15. The highest BCUT2D eigenvalue weighted by molar-refractivity contribution is 6.76. The Morgan fingerprint density at radius 2 is 1.75 bits per heavy atom. The number of carbonyl (C=O) groups is 1. The number of rotatable bonds is 4. The third kappa shape index (κ3) is 6.40. The van der Waals surface area contributed by atoms with E-state index in [1.54, 1.807) is 13.8 Å². The van der Waals surface area contributed by atoms with Crippen LogP contribution in [0.5, 0.6) is 0 Å². The fourth-order valence-electron chi connectivity index (χ4n) is 0.594. The maximum atomic E-state index is 11.0. The van der Waals surface area contributed by atoms with Crippen molar-refractivity contribution in [2.45, 2.75) is 39.5 Å². The van der Waals surface area contributed by atoms with Crippen LogP contribution in [0.3, 0.4) is 0 Å². The van der Waals surface area contributed by atoms with E-state index in [1.807, 2.05) is 0 Å². The Hall–Kier alpha value is -0.313. The van der Waals surface area contributed by atoms with Crippen LogP contribution in [0.1, 0.15) is 13.8 Å². The van der Waals surface area contributed by atoms with Gasteiger partial charge in [-0.05, 0) is 19.9 Å². The lowest BCUT2D eigenvalue weighted by atomic mass is 10.2. The van der Waals surface area contributed by atoms with Crippen molar-refractivity contribution in [1.82, 2.24) is 0 Å². The van der Waals surface area contributed by atoms with Gasteiger partial charge in [0.1, 0.15) is 0 Å². The van der Waals surface area contributed by atoms with Gasteiger partial charge < -0.3 is 4.74 Å². The molecule has 0 atom stereocenters. The molecule has 0 amide bonds. The summed E-state index contributed by atoms with van der Waals surface area (Å²) in [5.41, 5.74) is 0. The van der Waals surface area contributed by atoms with E-state index in [0.717, 1.165) is 12.0 Å². The minimum Gasteiger partial charge on any atom is -0.466 e. The van der Waals surface area contributed by atoms with Crippen LogP contribution in [0.2, 0.25) is 25.7 Å². The topological polar surface area (TPSA) is 26.3 Å². The zero-order chi connectivity index (χ0) is 9.78. The van der Waals surface area contributed by atoms with Crippen LogP contribution in [0, 0.1) is 5.92 Å². The van der Waals surface area contributed by atoms with Gasteiger partial charge >= 0.3 is 5.97 Å². The smallest absolute Gasteiger partial charge is 0.312 e. The highest BCUT2D eigenvalue weighted by Crippen LogP contribution is 2.08. The maximum absolute atomic E-state index is 11.0. The van der Waals surface area contributed by atoms with Crippen molar-refractivity contribution in [3.05, 3.63) is 5.92 Å². The van der Waals surface area contributed by atoms with Gasteiger partial charge in [0.25, 0.3) is 0 Å². The fraction of sp³-hybridized carbons (Fsp3) is 0.778. The molecule has 0 aliphatic heterocycles. The van der Waals surface area contributed by atoms with Crippen molar-refractivity contribution in [2.24, 2.45) is 0 Å². The number of carbonyl (C=O) groups excluding carboxylic acids is 1. The molecule has 0 aromatic carbocycles. The molecule has 71 valence electrons. The van der Waals surface area contributed by atoms with E-state index in [1.165, 1.54) is 0 Å². The molecule has 0 aromatic heterocycles. The molecule has 0 bridgehead atoms. The Morgan fingerprint density at radius 3 is 2.08 bits per heavy atom. The van der Waals surface area contributed by atoms with Gasteiger partial charge in [-0.2, -0.15) is 0 Å². The molecule has 0 unspecified atom stereocenters. The lowest BCUT2D eigenvalue weighted by Gasteiger charge is -2.15. The molecule has 0 aliphatic carbocycles. The summed E-state index contributed by atoms with van der Waals surface area (Å²) in [7, 11) is -1.05. The lowest BCUT2D eigenvalue weighted by molar-refractivity contribution is -0.140. The molecule has 3 heteroatoms. The summed E-state index contributed by atoms with van der Waals surface area (Å²) >= 11 is 0. The lowest BCUT2D eigenvalue weighted by Crippen LogP contribution is -2.23. The van der Waals surface area contributed by atoms with E-state index < -0.39 is 8.07 Å². The fourth-order valence-corrected chi connectivity index (χ4v) is 1.31. The Bertz CT molecular complexity index is 147. The monoisotopic (exact) mass is 187 g/mol. The predicted molar refractivity (Wildman–Crippen MR) is 53.7 cm³/mol. The number of hydrogen-bond acceptors (Lipinski definition) is 2. The molecule has 2 nitrogen and oxygen atoms in total. The quantitative estimate of drug-likeness (QED) is 0.499. The first-order chi connectivity index (χ1) is 5.33. The standard InChI is InChI=1S/C9H19O2Si/c1-8(2)9(10)11-6-7-12(3,4)5/h6-7H2,1-5H3. The molecule has 0 saturated carbocycles. The van der Waals surface area contributed by atoms with Crippen LogP contribution in [0.15, 0.2) is 0 Å². The van der Waals surface area contributed by atoms with E-state index >= 15 is 0 Å². The van der Waals surface area contributed by atoms with Crippen LogP contribution in [-0.4, -0.2) is 20.7 Å². The van der Waals surface area contributed by atoms with Crippen LogP contribution < -0.4 is 0 Å². The molecule has 0 N–H and O–H groups in total. The van der Waals surface area contributed by atoms with Crippen molar-refractivity contribution in [2.75, 3.05) is 6.61 Å². The minimum atomic E-state index is -1.05. The van der Waals surface area contributed by atoms with Gasteiger partial charge in [-0.3, -0.25) is 4.79 Å². The molecule has 0 fully saturated rings. The van der Waals surface area contributed by atoms with Gasteiger partial charge in [0.05, 0.1) is 12.5 Å². The summed E-state index contributed by atoms with van der Waals surface area (Å²) in [5, 5.41) is 0. The van der Waals surface area contributed by atoms with Crippen molar-refractivity contribution in [3.63, 3.8) is 0 Å². The first-order valence-corrected chi connectivity index (χ1v) is 8.01. The van der Waals surface area contributed by atoms with Gasteiger partial charge in [0.2, 0.25) is 0 Å². The van der Waals surface area contributed by atoms with E-state index in [2.05, 4.69) is 19.6 Å². The summed E-state index contributed by atoms with van der Waals surface area (Å²) in [6.07, 6.45) is 0. The molecule has 1 radical (unpaired) electrons. The molecular weight excluding hydrogens is 168 g/mol. The van der Waals surface area contributed by atoms with Crippen molar-refractivity contribution >= 4 is 14.0 Å². The Labute approximate surface area is 76.3 Å². The maximum Gasteiger partial charge on any atom is 0.312 e. The normalized spacial score (nSPS) is 11.8. The molecule has 0 rings (SSSR count). The first-order valence-electron chi connectivity index (χ1n) is 4.30. The summed E-state index contributed by atoms with van der Waals surface area (Å²) in [6.45, 7) is 10.9. The third-order valence-electron chi connectivity index (χ3n) is 1.49. The van der Waals surface area contributed by atoms with Crippen molar-refractivity contribution < 1.29 is 9.53 Å². The average molecular weight is 187 g/mol. The van der Waals surface area contributed by atoms with Crippen LogP contribution in [0.4, 0.5) is 0 Å². The predicted octanol–water partition coefficient (Wildman–Crippen LogP) is 2.48. The summed E-state index contributed by atoms with van der Waals surface area (Å²) in [6, 6.07) is 1.05. The Kier molecular flexibility index (Phi) is 4.53. The van der Waals surface area contributed by atoms with E-state index in [4.69, 9.17) is 4.74 Å². The number of esters is 1. The second-order valence-electron chi connectivity index (χ2n) is 4.45. The van der Waals surface area contributed by atoms with Crippen LogP contribution in [0.25, 0.3) is 0 Å². The van der Waals surface area contributed by atoms with Crippen molar-refractivity contribution in [1.29, 1.82) is 0 Å². The van der Waals surface area contributed by atoms with Crippen LogP contribution >= 0.6 is 0 Å². The second kappa shape index (κ2) is 4.65. The molecule has 0 heterocycles. The SMILES string of the molecule is C[C](C)C(=O)OCC[Si](C)(C)C. The third-order valence-corrected chi connectivity index (χ3v) is 3.20. The van der Waals surface area contributed by atoms with E-state index in [0.29, 0.717) is 6.61 Å². The molecule has 0 spiro atoms.